The zero-order valence-electron chi connectivity index (χ0n) is 15.0. The minimum Gasteiger partial charge on any atom is -0.480 e. The molecule has 8 heteroatoms. The Bertz CT molecular complexity index is 881. The highest BCUT2D eigenvalue weighted by molar-refractivity contribution is 6.04. The van der Waals surface area contributed by atoms with E-state index in [4.69, 9.17) is 9.47 Å². The second-order valence-corrected chi connectivity index (χ2v) is 6.18. The van der Waals surface area contributed by atoms with Crippen molar-refractivity contribution in [3.8, 4) is 5.75 Å². The first-order chi connectivity index (χ1) is 12.9. The van der Waals surface area contributed by atoms with Crippen LogP contribution in [0.1, 0.15) is 24.2 Å². The van der Waals surface area contributed by atoms with E-state index in [9.17, 15) is 14.4 Å². The number of carbonyl (C=O) groups excluding carboxylic acids is 3. The smallest absolute Gasteiger partial charge is 0.338 e. The van der Waals surface area contributed by atoms with Gasteiger partial charge in [-0.1, -0.05) is 6.07 Å². The van der Waals surface area contributed by atoms with Crippen LogP contribution >= 0.6 is 0 Å². The molecule has 0 radical (unpaired) electrons. The van der Waals surface area contributed by atoms with Gasteiger partial charge in [0.1, 0.15) is 6.54 Å². The predicted molar refractivity (Wildman–Crippen MR) is 97.7 cm³/mol. The Kier molecular flexibility index (Phi) is 5.35. The Hall–Kier alpha value is -3.42. The quantitative estimate of drug-likeness (QED) is 0.810. The minimum atomic E-state index is -0.470. The second kappa shape index (κ2) is 7.86. The van der Waals surface area contributed by atoms with Crippen LogP contribution in [0.5, 0.6) is 5.75 Å². The molecule has 0 saturated carbocycles. The summed E-state index contributed by atoms with van der Waals surface area (Å²) in [6.45, 7) is 3.15. The molecule has 1 aliphatic heterocycles. The van der Waals surface area contributed by atoms with E-state index in [1.165, 1.54) is 17.2 Å². The fraction of sp³-hybridized carbons (Fsp3) is 0.263. The third-order valence-corrected chi connectivity index (χ3v) is 3.69. The molecule has 2 aromatic rings. The molecule has 0 unspecified atom stereocenters. The molecule has 1 aliphatic rings. The molecule has 0 aliphatic carbocycles. The molecule has 1 N–H and O–H groups in total. The summed E-state index contributed by atoms with van der Waals surface area (Å²) in [6, 6.07) is 9.79. The molecular weight excluding hydrogens is 350 g/mol. The van der Waals surface area contributed by atoms with Gasteiger partial charge >= 0.3 is 5.97 Å². The number of fused-ring (bicyclic) bond motifs is 1. The molecule has 140 valence electrons. The number of anilines is 2. The van der Waals surface area contributed by atoms with Crippen LogP contribution in [0.2, 0.25) is 0 Å². The molecule has 0 fully saturated rings. The number of pyridine rings is 1. The summed E-state index contributed by atoms with van der Waals surface area (Å²) in [6.07, 6.45) is 1.28. The second-order valence-electron chi connectivity index (χ2n) is 6.18. The normalized spacial score (nSPS) is 13.0. The lowest BCUT2D eigenvalue weighted by atomic mass is 10.2. The predicted octanol–water partition coefficient (Wildman–Crippen LogP) is 2.01. The summed E-state index contributed by atoms with van der Waals surface area (Å²) in [5, 5.41) is 2.68. The number of amides is 2. The molecule has 1 aromatic heterocycles. The number of hydrogen-bond acceptors (Lipinski definition) is 6. The van der Waals surface area contributed by atoms with E-state index in [0.29, 0.717) is 22.8 Å². The van der Waals surface area contributed by atoms with Gasteiger partial charge in [0.2, 0.25) is 5.91 Å². The van der Waals surface area contributed by atoms with Crippen molar-refractivity contribution in [3.05, 3.63) is 48.2 Å². The van der Waals surface area contributed by atoms with E-state index >= 15 is 0 Å². The fourth-order valence-electron chi connectivity index (χ4n) is 2.55. The Balaban J connectivity index is 1.70. The van der Waals surface area contributed by atoms with E-state index in [1.54, 1.807) is 44.2 Å². The first-order valence-corrected chi connectivity index (χ1v) is 8.43. The van der Waals surface area contributed by atoms with Crippen LogP contribution in [0.4, 0.5) is 11.5 Å². The van der Waals surface area contributed by atoms with Crippen LogP contribution < -0.4 is 15.0 Å². The monoisotopic (exact) mass is 369 g/mol. The number of aromatic nitrogens is 1. The summed E-state index contributed by atoms with van der Waals surface area (Å²) >= 11 is 0. The highest BCUT2D eigenvalue weighted by Gasteiger charge is 2.28. The molecule has 8 nitrogen and oxygen atoms in total. The van der Waals surface area contributed by atoms with Gasteiger partial charge in [-0.3, -0.25) is 14.5 Å². The molecule has 1 aromatic carbocycles. The first-order valence-electron chi connectivity index (χ1n) is 8.43. The number of nitrogens with one attached hydrogen (secondary N) is 1. The molecule has 0 spiro atoms. The van der Waals surface area contributed by atoms with Crippen LogP contribution in [-0.4, -0.2) is 42.0 Å². The van der Waals surface area contributed by atoms with Gasteiger partial charge in [0.15, 0.2) is 18.2 Å². The van der Waals surface area contributed by atoms with Crippen molar-refractivity contribution in [2.45, 2.75) is 20.0 Å². The average Bonchev–Trinajstić information content (AvgIpc) is 2.64. The maximum absolute atomic E-state index is 12.4. The van der Waals surface area contributed by atoms with Gasteiger partial charge in [0.25, 0.3) is 5.91 Å². The topological polar surface area (TPSA) is 97.8 Å². The molecule has 2 heterocycles. The van der Waals surface area contributed by atoms with Crippen molar-refractivity contribution < 1.29 is 23.9 Å². The minimum absolute atomic E-state index is 0.150. The molecule has 0 bridgehead atoms. The maximum Gasteiger partial charge on any atom is 0.338 e. The number of esters is 1. The summed E-state index contributed by atoms with van der Waals surface area (Å²) < 4.78 is 10.4. The van der Waals surface area contributed by atoms with Crippen molar-refractivity contribution in [3.63, 3.8) is 0 Å². The molecule has 0 atom stereocenters. The van der Waals surface area contributed by atoms with Crippen molar-refractivity contribution in [1.82, 2.24) is 4.98 Å². The maximum atomic E-state index is 12.4. The first kappa shape index (κ1) is 18.4. The Labute approximate surface area is 156 Å². The number of benzene rings is 1. The van der Waals surface area contributed by atoms with Gasteiger partial charge < -0.3 is 14.8 Å². The molecule has 27 heavy (non-hydrogen) atoms. The van der Waals surface area contributed by atoms with Crippen LogP contribution in [0.3, 0.4) is 0 Å². The van der Waals surface area contributed by atoms with Crippen LogP contribution in [0.25, 0.3) is 0 Å². The van der Waals surface area contributed by atoms with Gasteiger partial charge in [-0.25, -0.2) is 9.78 Å². The number of hydrogen-bond donors (Lipinski definition) is 1. The van der Waals surface area contributed by atoms with E-state index in [0.717, 1.165) is 0 Å². The highest BCUT2D eigenvalue weighted by atomic mass is 16.5. The van der Waals surface area contributed by atoms with Crippen molar-refractivity contribution >= 4 is 29.3 Å². The molecule has 0 saturated heterocycles. The van der Waals surface area contributed by atoms with Gasteiger partial charge in [0, 0.05) is 11.9 Å². The largest absolute Gasteiger partial charge is 0.480 e. The van der Waals surface area contributed by atoms with Gasteiger partial charge in [-0.15, -0.1) is 0 Å². The van der Waals surface area contributed by atoms with Gasteiger partial charge in [-0.05, 0) is 44.2 Å². The van der Waals surface area contributed by atoms with Crippen LogP contribution in [0, 0.1) is 0 Å². The molecular formula is C19H19N3O5. The van der Waals surface area contributed by atoms with Gasteiger partial charge in [0.05, 0.1) is 11.7 Å². The van der Waals surface area contributed by atoms with E-state index in [1.807, 2.05) is 0 Å². The van der Waals surface area contributed by atoms with E-state index in [2.05, 4.69) is 10.3 Å². The Morgan fingerprint density at radius 1 is 1.30 bits per heavy atom. The number of nitrogens with zero attached hydrogens (tertiary/aromatic N) is 2. The summed E-state index contributed by atoms with van der Waals surface area (Å²) in [4.78, 5) is 41.9. The van der Waals surface area contributed by atoms with Crippen LogP contribution in [0.15, 0.2) is 42.6 Å². The standard InChI is InChI=1S/C19H19N3O5/c1-12(2)27-19(25)13-5-3-6-14(9-13)21-16(23)10-22-17(24)11-26-15-7-4-8-20-18(15)22/h3-9,12H,10-11H2,1-2H3,(H,21,23). The Morgan fingerprint density at radius 2 is 2.11 bits per heavy atom. The summed E-state index contributed by atoms with van der Waals surface area (Å²) in [5.41, 5.74) is 0.760. The lowest BCUT2D eigenvalue weighted by molar-refractivity contribution is -0.123. The average molecular weight is 369 g/mol. The number of rotatable bonds is 5. The fourth-order valence-corrected chi connectivity index (χ4v) is 2.55. The van der Waals surface area contributed by atoms with Gasteiger partial charge in [-0.2, -0.15) is 0 Å². The zero-order valence-corrected chi connectivity index (χ0v) is 15.0. The number of carbonyl (C=O) groups is 3. The lowest BCUT2D eigenvalue weighted by Gasteiger charge is -2.27. The molecule has 2 amide bonds. The third-order valence-electron chi connectivity index (χ3n) is 3.69. The van der Waals surface area contributed by atoms with E-state index < -0.39 is 11.9 Å². The summed E-state index contributed by atoms with van der Waals surface area (Å²) in [5.74, 6) is -0.495. The SMILES string of the molecule is CC(C)OC(=O)c1cccc(NC(=O)CN2C(=O)COc3cccnc32)c1. The Morgan fingerprint density at radius 3 is 2.89 bits per heavy atom. The number of ether oxygens (including phenoxy) is 2. The summed E-state index contributed by atoms with van der Waals surface area (Å²) in [7, 11) is 0. The zero-order chi connectivity index (χ0) is 19.4. The van der Waals surface area contributed by atoms with Crippen molar-refractivity contribution in [2.75, 3.05) is 23.4 Å². The van der Waals surface area contributed by atoms with E-state index in [-0.39, 0.29) is 25.2 Å². The van der Waals surface area contributed by atoms with Crippen molar-refractivity contribution in [1.29, 1.82) is 0 Å². The van der Waals surface area contributed by atoms with Crippen molar-refractivity contribution in [2.24, 2.45) is 0 Å². The highest BCUT2D eigenvalue weighted by Crippen LogP contribution is 2.28. The third kappa shape index (κ3) is 4.41. The van der Waals surface area contributed by atoms with Crippen LogP contribution in [-0.2, 0) is 14.3 Å². The molecule has 3 rings (SSSR count). The lowest BCUT2D eigenvalue weighted by Crippen LogP contribution is -2.43.